The van der Waals surface area contributed by atoms with E-state index in [0.29, 0.717) is 11.7 Å². The minimum absolute atomic E-state index is 0.257. The van der Waals surface area contributed by atoms with Crippen molar-refractivity contribution in [2.75, 3.05) is 5.32 Å². The van der Waals surface area contributed by atoms with Crippen molar-refractivity contribution in [2.45, 2.75) is 42.9 Å². The fourth-order valence-electron chi connectivity index (χ4n) is 3.84. The summed E-state index contributed by atoms with van der Waals surface area (Å²) in [6.45, 7) is 3.32. The van der Waals surface area contributed by atoms with Gasteiger partial charge in [0.25, 0.3) is 5.91 Å². The summed E-state index contributed by atoms with van der Waals surface area (Å²) in [5, 5.41) is 10.7. The Bertz CT molecular complexity index is 1490. The van der Waals surface area contributed by atoms with E-state index in [0.717, 1.165) is 35.4 Å². The first-order valence-corrected chi connectivity index (χ1v) is 13.0. The van der Waals surface area contributed by atoms with Crippen LogP contribution in [0.4, 0.5) is 5.69 Å². The number of amides is 1. The highest BCUT2D eigenvalue weighted by Crippen LogP contribution is 2.37. The highest BCUT2D eigenvalue weighted by molar-refractivity contribution is 7.92. The molecule has 1 amide bonds. The molecule has 4 aromatic rings. The molecule has 8 nitrogen and oxygen atoms in total. The number of nitrogens with zero attached hydrogens (tertiary/aromatic N) is 4. The molecule has 2 heterocycles. The van der Waals surface area contributed by atoms with Crippen LogP contribution in [0.2, 0.25) is 0 Å². The van der Waals surface area contributed by atoms with Gasteiger partial charge < -0.3 is 9.88 Å². The van der Waals surface area contributed by atoms with Crippen molar-refractivity contribution < 1.29 is 13.2 Å². The number of nitrogens with one attached hydrogen (secondary N) is 1. The SMILES string of the molecule is CC(C)S(=O)(=O)c1ccc(-c2ccnc(C(=O)Nc3cccc(-c4nncn4C4CC4)c3)c2)cc1. The molecule has 0 radical (unpaired) electrons. The summed E-state index contributed by atoms with van der Waals surface area (Å²) in [6.07, 6.45) is 5.56. The van der Waals surface area contributed by atoms with Gasteiger partial charge in [0.15, 0.2) is 15.7 Å². The number of carbonyl (C=O) groups is 1. The molecule has 35 heavy (non-hydrogen) atoms. The summed E-state index contributed by atoms with van der Waals surface area (Å²) in [5.74, 6) is 0.443. The van der Waals surface area contributed by atoms with E-state index >= 15 is 0 Å². The minimum Gasteiger partial charge on any atom is -0.321 e. The number of sulfone groups is 1. The van der Waals surface area contributed by atoms with Crippen LogP contribution in [0.25, 0.3) is 22.5 Å². The van der Waals surface area contributed by atoms with Gasteiger partial charge in [0.1, 0.15) is 12.0 Å². The van der Waals surface area contributed by atoms with Gasteiger partial charge in [-0.2, -0.15) is 0 Å². The Morgan fingerprint density at radius 3 is 2.49 bits per heavy atom. The molecule has 0 saturated heterocycles. The molecule has 1 aliphatic carbocycles. The van der Waals surface area contributed by atoms with Crippen LogP contribution >= 0.6 is 0 Å². The molecule has 1 N–H and O–H groups in total. The minimum atomic E-state index is -3.34. The van der Waals surface area contributed by atoms with Gasteiger partial charge in [0.2, 0.25) is 0 Å². The topological polar surface area (TPSA) is 107 Å². The third kappa shape index (κ3) is 4.72. The van der Waals surface area contributed by atoms with Gasteiger partial charge in [0, 0.05) is 23.5 Å². The largest absolute Gasteiger partial charge is 0.321 e. The van der Waals surface area contributed by atoms with Crippen molar-refractivity contribution in [3.05, 3.63) is 78.9 Å². The zero-order valence-electron chi connectivity index (χ0n) is 19.4. The molecular weight excluding hydrogens is 462 g/mol. The number of hydrogen-bond donors (Lipinski definition) is 1. The summed E-state index contributed by atoms with van der Waals surface area (Å²) in [5.41, 5.74) is 3.34. The molecule has 1 saturated carbocycles. The zero-order valence-corrected chi connectivity index (χ0v) is 20.2. The number of pyridine rings is 1. The molecule has 0 bridgehead atoms. The average molecular weight is 488 g/mol. The van der Waals surface area contributed by atoms with Crippen LogP contribution < -0.4 is 5.32 Å². The Labute approximate surface area is 204 Å². The van der Waals surface area contributed by atoms with Gasteiger partial charge in [-0.25, -0.2) is 8.42 Å². The number of anilines is 1. The van der Waals surface area contributed by atoms with E-state index in [9.17, 15) is 13.2 Å². The predicted molar refractivity (Wildman–Crippen MR) is 134 cm³/mol. The van der Waals surface area contributed by atoms with Crippen LogP contribution in [0.15, 0.2) is 78.1 Å². The third-order valence-electron chi connectivity index (χ3n) is 6.02. The molecular formula is C26H25N5O3S. The Hall–Kier alpha value is -3.85. The first kappa shape index (κ1) is 22.9. The van der Waals surface area contributed by atoms with E-state index in [4.69, 9.17) is 0 Å². The van der Waals surface area contributed by atoms with Crippen LogP contribution in [0.1, 0.15) is 43.2 Å². The van der Waals surface area contributed by atoms with E-state index < -0.39 is 15.1 Å². The summed E-state index contributed by atoms with van der Waals surface area (Å²) < 4.78 is 26.8. The Balaban J connectivity index is 1.35. The smallest absolute Gasteiger partial charge is 0.274 e. The van der Waals surface area contributed by atoms with Crippen molar-refractivity contribution in [1.82, 2.24) is 19.7 Å². The fraction of sp³-hybridized carbons (Fsp3) is 0.231. The molecule has 1 fully saturated rings. The lowest BCUT2D eigenvalue weighted by Crippen LogP contribution is -2.14. The van der Waals surface area contributed by atoms with Crippen LogP contribution in [0, 0.1) is 0 Å². The normalized spacial score (nSPS) is 13.7. The number of benzene rings is 2. The number of hydrogen-bond acceptors (Lipinski definition) is 6. The van der Waals surface area contributed by atoms with Gasteiger partial charge in [-0.05, 0) is 74.2 Å². The molecule has 5 rings (SSSR count). The standard InChI is InChI=1S/C26H25N5O3S/c1-17(2)35(33,34)23-10-6-18(7-11-23)19-12-13-27-24(15-19)26(32)29-21-5-3-4-20(14-21)25-30-28-16-31(25)22-8-9-22/h3-7,10-17,22H,8-9H2,1-2H3,(H,29,32). The van der Waals surface area contributed by atoms with Gasteiger partial charge in [-0.1, -0.05) is 24.3 Å². The Kier molecular flexibility index (Phi) is 5.94. The van der Waals surface area contributed by atoms with E-state index in [1.54, 1.807) is 62.8 Å². The van der Waals surface area contributed by atoms with Crippen molar-refractivity contribution in [3.8, 4) is 22.5 Å². The Morgan fingerprint density at radius 1 is 1.00 bits per heavy atom. The van der Waals surface area contributed by atoms with Gasteiger partial charge >= 0.3 is 0 Å². The summed E-state index contributed by atoms with van der Waals surface area (Å²) in [6, 6.07) is 18.1. The first-order valence-electron chi connectivity index (χ1n) is 11.4. The summed E-state index contributed by atoms with van der Waals surface area (Å²) in [4.78, 5) is 17.5. The highest BCUT2D eigenvalue weighted by Gasteiger charge is 2.26. The summed E-state index contributed by atoms with van der Waals surface area (Å²) in [7, 11) is -3.34. The van der Waals surface area contributed by atoms with E-state index in [-0.39, 0.29) is 16.5 Å². The second-order valence-electron chi connectivity index (χ2n) is 8.88. The van der Waals surface area contributed by atoms with Gasteiger partial charge in [-0.3, -0.25) is 9.78 Å². The molecule has 0 unspecified atom stereocenters. The maximum atomic E-state index is 13.0. The highest BCUT2D eigenvalue weighted by atomic mass is 32.2. The first-order chi connectivity index (χ1) is 16.8. The molecule has 0 spiro atoms. The van der Waals surface area contributed by atoms with E-state index in [2.05, 4.69) is 25.1 Å². The second kappa shape index (κ2) is 9.07. The predicted octanol–water partition coefficient (Wildman–Crippen LogP) is 4.78. The van der Waals surface area contributed by atoms with Crippen LogP contribution in [0.5, 0.6) is 0 Å². The van der Waals surface area contributed by atoms with Crippen LogP contribution in [0.3, 0.4) is 0 Å². The molecule has 1 aliphatic rings. The van der Waals surface area contributed by atoms with Gasteiger partial charge in [-0.15, -0.1) is 10.2 Å². The molecule has 2 aromatic carbocycles. The second-order valence-corrected chi connectivity index (χ2v) is 11.4. The lowest BCUT2D eigenvalue weighted by molar-refractivity contribution is 0.102. The average Bonchev–Trinajstić information content (AvgIpc) is 3.60. The number of aromatic nitrogens is 4. The van der Waals surface area contributed by atoms with Crippen LogP contribution in [-0.4, -0.2) is 39.3 Å². The maximum absolute atomic E-state index is 13.0. The maximum Gasteiger partial charge on any atom is 0.274 e. The van der Waals surface area contributed by atoms with E-state index in [1.165, 1.54) is 0 Å². The molecule has 0 atom stereocenters. The quantitative estimate of drug-likeness (QED) is 0.402. The number of carbonyl (C=O) groups excluding carboxylic acids is 1. The van der Waals surface area contributed by atoms with Crippen LogP contribution in [-0.2, 0) is 9.84 Å². The third-order valence-corrected chi connectivity index (χ3v) is 8.19. The van der Waals surface area contributed by atoms with Crippen molar-refractivity contribution in [3.63, 3.8) is 0 Å². The van der Waals surface area contributed by atoms with Crippen molar-refractivity contribution >= 4 is 21.4 Å². The monoisotopic (exact) mass is 487 g/mol. The van der Waals surface area contributed by atoms with E-state index in [1.807, 2.05) is 24.3 Å². The van der Waals surface area contributed by atoms with Crippen molar-refractivity contribution in [2.24, 2.45) is 0 Å². The summed E-state index contributed by atoms with van der Waals surface area (Å²) >= 11 is 0. The van der Waals surface area contributed by atoms with Gasteiger partial charge in [0.05, 0.1) is 10.1 Å². The number of rotatable bonds is 7. The lowest BCUT2D eigenvalue weighted by atomic mass is 10.1. The molecule has 178 valence electrons. The Morgan fingerprint density at radius 2 is 1.77 bits per heavy atom. The lowest BCUT2D eigenvalue weighted by Gasteiger charge is -2.10. The fourth-order valence-corrected chi connectivity index (χ4v) is 4.90. The zero-order chi connectivity index (χ0) is 24.6. The van der Waals surface area contributed by atoms with Crippen molar-refractivity contribution in [1.29, 1.82) is 0 Å². The molecule has 2 aromatic heterocycles. The molecule has 0 aliphatic heterocycles. The molecule has 9 heteroatoms.